The van der Waals surface area contributed by atoms with Gasteiger partial charge in [-0.2, -0.15) is 0 Å². The standard InChI is InChI=1S/C15H19N3O/c1-17-8-10-18(11-9-17)14-6-4-13(5-7-14)16-15-3-2-12-19-15/h2-7,12,16H,8-11H2,1H3. The Labute approximate surface area is 113 Å². The van der Waals surface area contributed by atoms with Crippen molar-refractivity contribution < 1.29 is 4.42 Å². The second-order valence-electron chi connectivity index (χ2n) is 4.94. The molecule has 2 aromatic rings. The van der Waals surface area contributed by atoms with Gasteiger partial charge in [0, 0.05) is 43.6 Å². The number of nitrogens with one attached hydrogen (secondary N) is 1. The third kappa shape index (κ3) is 2.90. The zero-order chi connectivity index (χ0) is 13.1. The second-order valence-corrected chi connectivity index (χ2v) is 4.94. The van der Waals surface area contributed by atoms with Crippen LogP contribution in [0.25, 0.3) is 0 Å². The van der Waals surface area contributed by atoms with E-state index in [1.165, 1.54) is 5.69 Å². The fourth-order valence-electron chi connectivity index (χ4n) is 2.31. The predicted octanol–water partition coefficient (Wildman–Crippen LogP) is 2.78. The van der Waals surface area contributed by atoms with E-state index in [0.29, 0.717) is 0 Å². The molecule has 0 atom stereocenters. The maximum Gasteiger partial charge on any atom is 0.196 e. The summed E-state index contributed by atoms with van der Waals surface area (Å²) in [6.45, 7) is 4.46. The highest BCUT2D eigenvalue weighted by atomic mass is 16.3. The molecule has 19 heavy (non-hydrogen) atoms. The number of nitrogens with zero attached hydrogens (tertiary/aromatic N) is 2. The zero-order valence-electron chi connectivity index (χ0n) is 11.2. The van der Waals surface area contributed by atoms with Crippen LogP contribution in [0.15, 0.2) is 47.1 Å². The fraction of sp³-hybridized carbons (Fsp3) is 0.333. The topological polar surface area (TPSA) is 31.6 Å². The first-order chi connectivity index (χ1) is 9.31. The average Bonchev–Trinajstić information content (AvgIpc) is 2.94. The van der Waals surface area contributed by atoms with Crippen LogP contribution in [0.2, 0.25) is 0 Å². The van der Waals surface area contributed by atoms with Crippen LogP contribution < -0.4 is 10.2 Å². The molecule has 1 fully saturated rings. The highest BCUT2D eigenvalue weighted by Crippen LogP contribution is 2.22. The number of hydrogen-bond acceptors (Lipinski definition) is 4. The van der Waals surface area contributed by atoms with Crippen LogP contribution in [-0.4, -0.2) is 38.1 Å². The quantitative estimate of drug-likeness (QED) is 0.916. The van der Waals surface area contributed by atoms with Gasteiger partial charge in [-0.3, -0.25) is 0 Å². The van der Waals surface area contributed by atoms with Crippen LogP contribution >= 0.6 is 0 Å². The van der Waals surface area contributed by atoms with E-state index >= 15 is 0 Å². The van der Waals surface area contributed by atoms with E-state index in [9.17, 15) is 0 Å². The van der Waals surface area contributed by atoms with E-state index in [0.717, 1.165) is 37.8 Å². The minimum Gasteiger partial charge on any atom is -0.449 e. The molecule has 100 valence electrons. The van der Waals surface area contributed by atoms with Crippen LogP contribution in [0.4, 0.5) is 17.3 Å². The lowest BCUT2D eigenvalue weighted by molar-refractivity contribution is 0.313. The molecule has 0 saturated carbocycles. The Hall–Kier alpha value is -1.94. The molecule has 0 aliphatic carbocycles. The maximum atomic E-state index is 5.27. The Morgan fingerprint density at radius 3 is 2.37 bits per heavy atom. The lowest BCUT2D eigenvalue weighted by atomic mass is 10.2. The molecule has 1 aromatic carbocycles. The Morgan fingerprint density at radius 1 is 1.00 bits per heavy atom. The van der Waals surface area contributed by atoms with Gasteiger partial charge in [0.2, 0.25) is 0 Å². The summed E-state index contributed by atoms with van der Waals surface area (Å²) in [4.78, 5) is 4.79. The van der Waals surface area contributed by atoms with Crippen LogP contribution in [0, 0.1) is 0 Å². The van der Waals surface area contributed by atoms with E-state index in [2.05, 4.69) is 46.4 Å². The number of anilines is 3. The maximum absolute atomic E-state index is 5.27. The fourth-order valence-corrected chi connectivity index (χ4v) is 2.31. The highest BCUT2D eigenvalue weighted by Gasteiger charge is 2.13. The first-order valence-electron chi connectivity index (χ1n) is 6.65. The number of hydrogen-bond donors (Lipinski definition) is 1. The summed E-state index contributed by atoms with van der Waals surface area (Å²) >= 11 is 0. The van der Waals surface area contributed by atoms with E-state index in [1.54, 1.807) is 6.26 Å². The molecule has 4 nitrogen and oxygen atoms in total. The van der Waals surface area contributed by atoms with Crippen molar-refractivity contribution in [2.45, 2.75) is 0 Å². The molecule has 4 heteroatoms. The summed E-state index contributed by atoms with van der Waals surface area (Å²) in [5.41, 5.74) is 2.34. The summed E-state index contributed by atoms with van der Waals surface area (Å²) in [6, 6.07) is 12.3. The largest absolute Gasteiger partial charge is 0.449 e. The third-order valence-electron chi connectivity index (χ3n) is 3.52. The number of piperazine rings is 1. The molecule has 2 heterocycles. The SMILES string of the molecule is CN1CCN(c2ccc(Nc3ccco3)cc2)CC1. The van der Waals surface area contributed by atoms with Crippen molar-refractivity contribution in [3.63, 3.8) is 0 Å². The predicted molar refractivity (Wildman–Crippen MR) is 78.1 cm³/mol. The smallest absolute Gasteiger partial charge is 0.196 e. The summed E-state index contributed by atoms with van der Waals surface area (Å²) in [5.74, 6) is 0.771. The van der Waals surface area contributed by atoms with Crippen LogP contribution in [0.5, 0.6) is 0 Å². The van der Waals surface area contributed by atoms with Gasteiger partial charge >= 0.3 is 0 Å². The van der Waals surface area contributed by atoms with Gasteiger partial charge in [-0.05, 0) is 37.4 Å². The third-order valence-corrected chi connectivity index (χ3v) is 3.52. The number of likely N-dealkylation sites (N-methyl/N-ethyl adjacent to an activating group) is 1. The molecule has 1 aliphatic rings. The molecule has 1 aromatic heterocycles. The Bertz CT molecular complexity index is 499. The van der Waals surface area contributed by atoms with Crippen molar-refractivity contribution in [1.82, 2.24) is 4.90 Å². The minimum atomic E-state index is 0.771. The molecule has 0 radical (unpaired) electrons. The lowest BCUT2D eigenvalue weighted by Crippen LogP contribution is -2.44. The van der Waals surface area contributed by atoms with Crippen LogP contribution in [-0.2, 0) is 0 Å². The van der Waals surface area contributed by atoms with Gasteiger partial charge in [0.25, 0.3) is 0 Å². The molecule has 1 N–H and O–H groups in total. The highest BCUT2D eigenvalue weighted by molar-refractivity contribution is 5.60. The summed E-state index contributed by atoms with van der Waals surface area (Å²) in [6.07, 6.45) is 1.67. The molecule has 3 rings (SSSR count). The van der Waals surface area contributed by atoms with Crippen LogP contribution in [0.3, 0.4) is 0 Å². The van der Waals surface area contributed by atoms with Crippen molar-refractivity contribution in [1.29, 1.82) is 0 Å². The van der Waals surface area contributed by atoms with Gasteiger partial charge in [-0.15, -0.1) is 0 Å². The zero-order valence-corrected chi connectivity index (χ0v) is 11.2. The number of benzene rings is 1. The molecule has 0 unspecified atom stereocenters. The average molecular weight is 257 g/mol. The van der Waals surface area contributed by atoms with Gasteiger partial charge in [-0.25, -0.2) is 0 Å². The summed E-state index contributed by atoms with van der Waals surface area (Å²) in [7, 11) is 2.17. The van der Waals surface area contributed by atoms with Crippen molar-refractivity contribution in [2.75, 3.05) is 43.4 Å². The lowest BCUT2D eigenvalue weighted by Gasteiger charge is -2.34. The first-order valence-corrected chi connectivity index (χ1v) is 6.65. The summed E-state index contributed by atoms with van der Waals surface area (Å²) in [5, 5.41) is 3.23. The Balaban J connectivity index is 1.65. The number of furan rings is 1. The minimum absolute atomic E-state index is 0.771. The Kier molecular flexibility index (Phi) is 3.42. The van der Waals surface area contributed by atoms with E-state index < -0.39 is 0 Å². The number of rotatable bonds is 3. The van der Waals surface area contributed by atoms with Gasteiger partial charge in [0.15, 0.2) is 5.88 Å². The van der Waals surface area contributed by atoms with Crippen molar-refractivity contribution in [2.24, 2.45) is 0 Å². The summed E-state index contributed by atoms with van der Waals surface area (Å²) < 4.78 is 5.27. The molecule has 0 bridgehead atoms. The van der Waals surface area contributed by atoms with Crippen molar-refractivity contribution >= 4 is 17.3 Å². The van der Waals surface area contributed by atoms with E-state index in [1.807, 2.05) is 12.1 Å². The van der Waals surface area contributed by atoms with Gasteiger partial charge in [-0.1, -0.05) is 0 Å². The molecule has 1 saturated heterocycles. The van der Waals surface area contributed by atoms with Gasteiger partial charge < -0.3 is 19.5 Å². The molecular weight excluding hydrogens is 238 g/mol. The van der Waals surface area contributed by atoms with Crippen molar-refractivity contribution in [3.05, 3.63) is 42.7 Å². The van der Waals surface area contributed by atoms with Gasteiger partial charge in [0.1, 0.15) is 0 Å². The van der Waals surface area contributed by atoms with Crippen molar-refractivity contribution in [3.8, 4) is 0 Å². The molecular formula is C15H19N3O. The van der Waals surface area contributed by atoms with E-state index in [-0.39, 0.29) is 0 Å². The van der Waals surface area contributed by atoms with Crippen LogP contribution in [0.1, 0.15) is 0 Å². The first kappa shape index (κ1) is 12.1. The van der Waals surface area contributed by atoms with Gasteiger partial charge in [0.05, 0.1) is 6.26 Å². The monoisotopic (exact) mass is 257 g/mol. The molecule has 0 amide bonds. The van der Waals surface area contributed by atoms with E-state index in [4.69, 9.17) is 4.42 Å². The second kappa shape index (κ2) is 5.36. The normalized spacial score (nSPS) is 16.6. The molecule has 0 spiro atoms. The Morgan fingerprint density at radius 2 is 1.74 bits per heavy atom. The molecule has 1 aliphatic heterocycles.